The van der Waals surface area contributed by atoms with Crippen LogP contribution in [0.1, 0.15) is 15.9 Å². The van der Waals surface area contributed by atoms with Crippen molar-refractivity contribution in [1.29, 1.82) is 0 Å². The van der Waals surface area contributed by atoms with E-state index in [-0.39, 0.29) is 16.0 Å². The maximum atomic E-state index is 12.2. The quantitative estimate of drug-likeness (QED) is 0.579. The number of Topliss-reactive ketones (excluding diaryl/α,β-unsaturated/α-hetero) is 2. The van der Waals surface area contributed by atoms with Crippen molar-refractivity contribution < 1.29 is 35.5 Å². The van der Waals surface area contributed by atoms with Gasteiger partial charge < -0.3 is 0 Å². The monoisotopic (exact) mass is 370 g/mol. The molecule has 1 aliphatic carbocycles. The van der Waals surface area contributed by atoms with Crippen molar-refractivity contribution in [3.05, 3.63) is 41.5 Å². The van der Waals surface area contributed by atoms with E-state index in [9.17, 15) is 26.4 Å². The van der Waals surface area contributed by atoms with Gasteiger partial charge in [0.05, 0.1) is 4.90 Å². The lowest BCUT2D eigenvalue weighted by Crippen LogP contribution is -2.42. The minimum atomic E-state index is -4.86. The highest BCUT2D eigenvalue weighted by molar-refractivity contribution is 7.88. The Morgan fingerprint density at radius 3 is 2.17 bits per heavy atom. The van der Waals surface area contributed by atoms with E-state index in [4.69, 9.17) is 9.11 Å². The summed E-state index contributed by atoms with van der Waals surface area (Å²) >= 11 is 0. The summed E-state index contributed by atoms with van der Waals surface area (Å²) in [6, 6.07) is 6.35. The Bertz CT molecular complexity index is 1110. The number of hydrogen-bond donors (Lipinski definition) is 2. The molecule has 0 fully saturated rings. The number of rotatable bonds is 2. The topological polar surface area (TPSA) is 143 Å². The van der Waals surface area contributed by atoms with Gasteiger partial charge in [0, 0.05) is 12.0 Å². The molecule has 0 radical (unpaired) electrons. The average molecular weight is 370 g/mol. The lowest BCUT2D eigenvalue weighted by Gasteiger charge is -2.20. The highest BCUT2D eigenvalue weighted by atomic mass is 32.2. The predicted octanol–water partition coefficient (Wildman–Crippen LogP) is 0.651. The van der Waals surface area contributed by atoms with Crippen molar-refractivity contribution in [2.45, 2.75) is 16.6 Å². The summed E-state index contributed by atoms with van der Waals surface area (Å²) in [6.45, 7) is 0. The smallest absolute Gasteiger partial charge is 0.294 e. The molecule has 24 heavy (non-hydrogen) atoms. The summed E-state index contributed by atoms with van der Waals surface area (Å²) in [5.41, 5.74) is 0.203. The second kappa shape index (κ2) is 5.18. The second-order valence-corrected chi connectivity index (χ2v) is 8.32. The maximum Gasteiger partial charge on any atom is 0.294 e. The fraction of sp³-hybridized carbons (Fsp3) is 0.143. The van der Waals surface area contributed by atoms with Crippen LogP contribution in [0.3, 0.4) is 0 Å². The molecule has 2 aromatic rings. The molecule has 0 aliphatic heterocycles. The highest BCUT2D eigenvalue weighted by Crippen LogP contribution is 2.29. The maximum absolute atomic E-state index is 12.2. The molecule has 0 saturated carbocycles. The first-order valence-corrected chi connectivity index (χ1v) is 9.50. The summed E-state index contributed by atoms with van der Waals surface area (Å²) in [6.07, 6.45) is -0.391. The number of fused-ring (bicyclic) bond motifs is 2. The van der Waals surface area contributed by atoms with Gasteiger partial charge in [0.1, 0.15) is 0 Å². The molecule has 0 amide bonds. The standard InChI is InChI=1S/C14H10O8S2/c15-12-6-9-3-8-4-10(23(17,18)19)2-1-7(8)5-11(9)13(16)14(12)24(20,21)22/h1-5,14H,6H2,(H,17,18,19)(H,20,21,22). The Morgan fingerprint density at radius 1 is 0.917 bits per heavy atom. The van der Waals surface area contributed by atoms with Crippen LogP contribution < -0.4 is 0 Å². The van der Waals surface area contributed by atoms with E-state index in [0.29, 0.717) is 10.8 Å². The van der Waals surface area contributed by atoms with Crippen LogP contribution >= 0.6 is 0 Å². The SMILES string of the molecule is O=C1Cc2cc3cc(S(=O)(=O)O)ccc3cc2C(=O)C1S(=O)(=O)O. The normalized spacial score (nSPS) is 18.7. The van der Waals surface area contributed by atoms with E-state index in [1.165, 1.54) is 24.3 Å². The van der Waals surface area contributed by atoms with Crippen LogP contribution in [0, 0.1) is 0 Å². The molecule has 10 heteroatoms. The molecule has 1 atom stereocenters. The largest absolute Gasteiger partial charge is 0.297 e. The van der Waals surface area contributed by atoms with E-state index < -0.39 is 43.5 Å². The summed E-state index contributed by atoms with van der Waals surface area (Å²) < 4.78 is 63.0. The predicted molar refractivity (Wildman–Crippen MR) is 82.1 cm³/mol. The fourth-order valence-corrected chi connectivity index (χ4v) is 4.06. The zero-order chi connectivity index (χ0) is 17.9. The molecule has 2 aromatic carbocycles. The first-order valence-electron chi connectivity index (χ1n) is 6.56. The summed E-state index contributed by atoms with van der Waals surface area (Å²) in [4.78, 5) is 23.8. The molecule has 126 valence electrons. The number of hydrogen-bond acceptors (Lipinski definition) is 6. The van der Waals surface area contributed by atoms with Gasteiger partial charge in [-0.05, 0) is 40.6 Å². The second-order valence-electron chi connectivity index (χ2n) is 5.40. The van der Waals surface area contributed by atoms with Gasteiger partial charge in [-0.3, -0.25) is 18.7 Å². The summed E-state index contributed by atoms with van der Waals surface area (Å²) in [7, 11) is -9.27. The minimum absolute atomic E-state index is 0.0238. The first-order chi connectivity index (χ1) is 11.0. The fourth-order valence-electron chi connectivity index (χ4n) is 2.73. The van der Waals surface area contributed by atoms with Crippen LogP contribution in [0.15, 0.2) is 35.2 Å². The average Bonchev–Trinajstić information content (AvgIpc) is 2.42. The lowest BCUT2D eigenvalue weighted by atomic mass is 9.87. The Hall–Kier alpha value is -2.14. The molecule has 0 saturated heterocycles. The highest BCUT2D eigenvalue weighted by Gasteiger charge is 2.42. The van der Waals surface area contributed by atoms with Gasteiger partial charge in [-0.15, -0.1) is 0 Å². The Kier molecular flexibility index (Phi) is 3.61. The molecule has 8 nitrogen and oxygen atoms in total. The first kappa shape index (κ1) is 16.7. The molecule has 1 aliphatic rings. The van der Waals surface area contributed by atoms with Gasteiger partial charge in [-0.1, -0.05) is 6.07 Å². The Morgan fingerprint density at radius 2 is 1.58 bits per heavy atom. The Balaban J connectivity index is 2.23. The van der Waals surface area contributed by atoms with Gasteiger partial charge in [-0.2, -0.15) is 16.8 Å². The third-order valence-corrected chi connectivity index (χ3v) is 5.71. The molecule has 0 spiro atoms. The van der Waals surface area contributed by atoms with Crippen LogP contribution in [0.2, 0.25) is 0 Å². The number of carbonyl (C=O) groups excluding carboxylic acids is 2. The molecule has 0 aromatic heterocycles. The van der Waals surface area contributed by atoms with Crippen LogP contribution in [0.4, 0.5) is 0 Å². The van der Waals surface area contributed by atoms with E-state index >= 15 is 0 Å². The van der Waals surface area contributed by atoms with Crippen molar-refractivity contribution >= 4 is 42.6 Å². The van der Waals surface area contributed by atoms with Crippen LogP contribution in [0.25, 0.3) is 10.8 Å². The lowest BCUT2D eigenvalue weighted by molar-refractivity contribution is -0.117. The van der Waals surface area contributed by atoms with Crippen molar-refractivity contribution in [2.24, 2.45) is 0 Å². The van der Waals surface area contributed by atoms with Gasteiger partial charge in [0.2, 0.25) is 5.25 Å². The molecule has 0 bridgehead atoms. The summed E-state index contributed by atoms with van der Waals surface area (Å²) in [5.74, 6) is -1.98. The van der Waals surface area contributed by atoms with E-state index in [0.717, 1.165) is 6.07 Å². The molecular weight excluding hydrogens is 360 g/mol. The third kappa shape index (κ3) is 2.73. The molecule has 2 N–H and O–H groups in total. The number of ketones is 2. The molecule has 1 unspecified atom stereocenters. The molecular formula is C14H10O8S2. The number of benzene rings is 2. The zero-order valence-electron chi connectivity index (χ0n) is 11.8. The van der Waals surface area contributed by atoms with Crippen molar-refractivity contribution in [1.82, 2.24) is 0 Å². The summed E-state index contributed by atoms with van der Waals surface area (Å²) in [5, 5.41) is -1.37. The van der Waals surface area contributed by atoms with Crippen molar-refractivity contribution in [3.63, 3.8) is 0 Å². The molecule has 3 rings (SSSR count). The van der Waals surface area contributed by atoms with Crippen molar-refractivity contribution in [3.8, 4) is 0 Å². The molecule has 0 heterocycles. The van der Waals surface area contributed by atoms with Gasteiger partial charge in [-0.25, -0.2) is 0 Å². The minimum Gasteiger partial charge on any atom is -0.297 e. The van der Waals surface area contributed by atoms with E-state index in [1.54, 1.807) is 0 Å². The zero-order valence-corrected chi connectivity index (χ0v) is 13.5. The van der Waals surface area contributed by atoms with E-state index in [1.807, 2.05) is 0 Å². The number of carbonyl (C=O) groups is 2. The van der Waals surface area contributed by atoms with Gasteiger partial charge in [0.15, 0.2) is 11.6 Å². The van der Waals surface area contributed by atoms with Gasteiger partial charge in [0.25, 0.3) is 20.2 Å². The van der Waals surface area contributed by atoms with Crippen LogP contribution in [0.5, 0.6) is 0 Å². The van der Waals surface area contributed by atoms with E-state index in [2.05, 4.69) is 0 Å². The third-order valence-electron chi connectivity index (χ3n) is 3.79. The van der Waals surface area contributed by atoms with Crippen molar-refractivity contribution in [2.75, 3.05) is 0 Å². The Labute approximate surface area is 136 Å². The van der Waals surface area contributed by atoms with Crippen LogP contribution in [-0.2, 0) is 31.5 Å². The van der Waals surface area contributed by atoms with Gasteiger partial charge >= 0.3 is 0 Å². The van der Waals surface area contributed by atoms with Crippen LogP contribution in [-0.4, -0.2) is 42.8 Å².